The Bertz CT molecular complexity index is 361. The van der Waals surface area contributed by atoms with Gasteiger partial charge in [0.25, 0.3) is 0 Å². The molecular formula is C12H18N2O. The van der Waals surface area contributed by atoms with E-state index >= 15 is 0 Å². The molecule has 15 heavy (non-hydrogen) atoms. The first kappa shape index (κ1) is 11.7. The van der Waals surface area contributed by atoms with E-state index in [4.69, 9.17) is 5.73 Å². The molecule has 0 aromatic heterocycles. The molecule has 1 aromatic rings. The molecule has 0 saturated heterocycles. The van der Waals surface area contributed by atoms with Crippen LogP contribution in [0.2, 0.25) is 0 Å². The summed E-state index contributed by atoms with van der Waals surface area (Å²) in [5.41, 5.74) is 8.81. The third-order valence-electron chi connectivity index (χ3n) is 2.55. The highest BCUT2D eigenvalue weighted by atomic mass is 16.2. The molecule has 3 N–H and O–H groups in total. The first-order valence-electron chi connectivity index (χ1n) is 5.18. The number of benzene rings is 1. The Morgan fingerprint density at radius 3 is 2.60 bits per heavy atom. The monoisotopic (exact) mass is 206 g/mol. The van der Waals surface area contributed by atoms with Gasteiger partial charge in [0, 0.05) is 5.69 Å². The number of nitrogens with two attached hydrogens (primary N) is 1. The summed E-state index contributed by atoms with van der Waals surface area (Å²) < 4.78 is 0. The zero-order valence-electron chi connectivity index (χ0n) is 9.50. The van der Waals surface area contributed by atoms with E-state index in [1.807, 2.05) is 39.0 Å². The Morgan fingerprint density at radius 1 is 1.40 bits per heavy atom. The fraction of sp³-hybridized carbons (Fsp3) is 0.417. The highest BCUT2D eigenvalue weighted by Crippen LogP contribution is 2.14. The van der Waals surface area contributed by atoms with Gasteiger partial charge in [0.15, 0.2) is 0 Å². The van der Waals surface area contributed by atoms with Gasteiger partial charge in [-0.3, -0.25) is 4.79 Å². The van der Waals surface area contributed by atoms with Crippen molar-refractivity contribution in [2.24, 2.45) is 5.73 Å². The normalized spacial score (nSPS) is 12.3. The summed E-state index contributed by atoms with van der Waals surface area (Å²) in [7, 11) is 0. The zero-order valence-corrected chi connectivity index (χ0v) is 9.50. The van der Waals surface area contributed by atoms with Gasteiger partial charge < -0.3 is 11.1 Å². The molecule has 0 fully saturated rings. The van der Waals surface area contributed by atoms with Crippen LogP contribution in [0.4, 0.5) is 5.69 Å². The Balaban J connectivity index is 2.73. The third kappa shape index (κ3) is 3.06. The second-order valence-corrected chi connectivity index (χ2v) is 3.80. The number of rotatable bonds is 3. The standard InChI is InChI=1S/C12H18N2O/c1-4-11(13)12(15)14-10-6-5-8(2)9(3)7-10/h5-7,11H,4,13H2,1-3H3,(H,14,15). The summed E-state index contributed by atoms with van der Waals surface area (Å²) >= 11 is 0. The smallest absolute Gasteiger partial charge is 0.241 e. The lowest BCUT2D eigenvalue weighted by Crippen LogP contribution is -2.34. The van der Waals surface area contributed by atoms with Crippen LogP contribution in [0.5, 0.6) is 0 Å². The minimum Gasteiger partial charge on any atom is -0.325 e. The van der Waals surface area contributed by atoms with Crippen LogP contribution in [-0.2, 0) is 4.79 Å². The highest BCUT2D eigenvalue weighted by molar-refractivity contribution is 5.94. The van der Waals surface area contributed by atoms with E-state index < -0.39 is 6.04 Å². The Hall–Kier alpha value is -1.35. The van der Waals surface area contributed by atoms with Gasteiger partial charge in [-0.1, -0.05) is 13.0 Å². The molecule has 0 radical (unpaired) electrons. The van der Waals surface area contributed by atoms with Crippen molar-refractivity contribution < 1.29 is 4.79 Å². The van der Waals surface area contributed by atoms with Gasteiger partial charge in [0.1, 0.15) is 0 Å². The molecule has 0 spiro atoms. The van der Waals surface area contributed by atoms with Gasteiger partial charge in [0.2, 0.25) is 5.91 Å². The van der Waals surface area contributed by atoms with Crippen molar-refractivity contribution in [3.8, 4) is 0 Å². The molecule has 0 aliphatic rings. The van der Waals surface area contributed by atoms with Gasteiger partial charge in [-0.2, -0.15) is 0 Å². The van der Waals surface area contributed by atoms with Crippen molar-refractivity contribution in [3.05, 3.63) is 29.3 Å². The lowest BCUT2D eigenvalue weighted by atomic mass is 10.1. The SMILES string of the molecule is CCC(N)C(=O)Nc1ccc(C)c(C)c1. The maximum atomic E-state index is 11.5. The maximum Gasteiger partial charge on any atom is 0.241 e. The predicted octanol–water partition coefficient (Wildman–Crippen LogP) is 1.98. The number of nitrogens with one attached hydrogen (secondary N) is 1. The molecule has 3 nitrogen and oxygen atoms in total. The van der Waals surface area contributed by atoms with Crippen LogP contribution in [0.1, 0.15) is 24.5 Å². The van der Waals surface area contributed by atoms with Gasteiger partial charge in [0.05, 0.1) is 6.04 Å². The van der Waals surface area contributed by atoms with E-state index in [0.29, 0.717) is 6.42 Å². The molecule has 1 aromatic carbocycles. The molecule has 3 heteroatoms. The number of carbonyl (C=O) groups excluding carboxylic acids is 1. The molecule has 1 amide bonds. The number of amides is 1. The van der Waals surface area contributed by atoms with Crippen LogP contribution in [0.3, 0.4) is 0 Å². The second-order valence-electron chi connectivity index (χ2n) is 3.80. The first-order valence-corrected chi connectivity index (χ1v) is 5.18. The Morgan fingerprint density at radius 2 is 2.07 bits per heavy atom. The lowest BCUT2D eigenvalue weighted by molar-refractivity contribution is -0.117. The van der Waals surface area contributed by atoms with Gasteiger partial charge in [-0.15, -0.1) is 0 Å². The second kappa shape index (κ2) is 4.94. The van der Waals surface area contributed by atoms with Crippen LogP contribution in [-0.4, -0.2) is 11.9 Å². The Kier molecular flexibility index (Phi) is 3.86. The van der Waals surface area contributed by atoms with Crippen molar-refractivity contribution in [2.75, 3.05) is 5.32 Å². The highest BCUT2D eigenvalue weighted by Gasteiger charge is 2.10. The van der Waals surface area contributed by atoms with E-state index in [-0.39, 0.29) is 5.91 Å². The molecule has 0 bridgehead atoms. The van der Waals surface area contributed by atoms with Crippen LogP contribution >= 0.6 is 0 Å². The summed E-state index contributed by atoms with van der Waals surface area (Å²) in [5.74, 6) is -0.124. The Labute approximate surface area is 90.7 Å². The lowest BCUT2D eigenvalue weighted by Gasteiger charge is -2.11. The van der Waals surface area contributed by atoms with E-state index in [2.05, 4.69) is 5.32 Å². The third-order valence-corrected chi connectivity index (χ3v) is 2.55. The topological polar surface area (TPSA) is 55.1 Å². The average molecular weight is 206 g/mol. The number of aryl methyl sites for hydroxylation is 2. The van der Waals surface area contributed by atoms with Crippen LogP contribution in [0.15, 0.2) is 18.2 Å². The van der Waals surface area contributed by atoms with Crippen LogP contribution < -0.4 is 11.1 Å². The largest absolute Gasteiger partial charge is 0.325 e. The number of anilines is 1. The molecule has 82 valence electrons. The number of carbonyl (C=O) groups is 1. The quantitative estimate of drug-likeness (QED) is 0.794. The minimum absolute atomic E-state index is 0.124. The molecule has 1 atom stereocenters. The summed E-state index contributed by atoms with van der Waals surface area (Å²) in [6.45, 7) is 5.95. The fourth-order valence-corrected chi connectivity index (χ4v) is 1.24. The molecule has 1 unspecified atom stereocenters. The summed E-state index contributed by atoms with van der Waals surface area (Å²) in [6, 6.07) is 5.41. The van der Waals surface area contributed by atoms with Crippen molar-refractivity contribution in [2.45, 2.75) is 33.2 Å². The van der Waals surface area contributed by atoms with E-state index in [9.17, 15) is 4.79 Å². The van der Waals surface area contributed by atoms with Crippen LogP contribution in [0, 0.1) is 13.8 Å². The molecule has 0 aliphatic carbocycles. The summed E-state index contributed by atoms with van der Waals surface area (Å²) in [4.78, 5) is 11.5. The fourth-order valence-electron chi connectivity index (χ4n) is 1.24. The molecule has 0 saturated carbocycles. The number of hydrogen-bond acceptors (Lipinski definition) is 2. The molecule has 0 heterocycles. The summed E-state index contributed by atoms with van der Waals surface area (Å²) in [6.07, 6.45) is 0.649. The number of hydrogen-bond donors (Lipinski definition) is 2. The van der Waals surface area contributed by atoms with Gasteiger partial charge in [-0.05, 0) is 43.5 Å². The van der Waals surface area contributed by atoms with Crippen LogP contribution in [0.25, 0.3) is 0 Å². The molecular weight excluding hydrogens is 188 g/mol. The van der Waals surface area contributed by atoms with Crippen molar-refractivity contribution in [1.82, 2.24) is 0 Å². The van der Waals surface area contributed by atoms with E-state index in [1.54, 1.807) is 0 Å². The zero-order chi connectivity index (χ0) is 11.4. The molecule has 1 rings (SSSR count). The van der Waals surface area contributed by atoms with Gasteiger partial charge in [-0.25, -0.2) is 0 Å². The molecule has 0 aliphatic heterocycles. The first-order chi connectivity index (χ1) is 7.04. The van der Waals surface area contributed by atoms with E-state index in [0.717, 1.165) is 11.3 Å². The minimum atomic E-state index is -0.424. The summed E-state index contributed by atoms with van der Waals surface area (Å²) in [5, 5.41) is 2.80. The van der Waals surface area contributed by atoms with Gasteiger partial charge >= 0.3 is 0 Å². The average Bonchev–Trinajstić information content (AvgIpc) is 2.22. The van der Waals surface area contributed by atoms with Crippen molar-refractivity contribution in [1.29, 1.82) is 0 Å². The maximum absolute atomic E-state index is 11.5. The van der Waals surface area contributed by atoms with Crippen molar-refractivity contribution >= 4 is 11.6 Å². The van der Waals surface area contributed by atoms with E-state index in [1.165, 1.54) is 5.56 Å². The van der Waals surface area contributed by atoms with Crippen molar-refractivity contribution in [3.63, 3.8) is 0 Å². The predicted molar refractivity (Wildman–Crippen MR) is 62.8 cm³/mol.